The van der Waals surface area contributed by atoms with Crippen LogP contribution in [0.1, 0.15) is 26.3 Å². The van der Waals surface area contributed by atoms with Crippen molar-refractivity contribution in [3.05, 3.63) is 35.9 Å². The maximum Gasteiger partial charge on any atom is 0.411 e. The number of carbonyl (C=O) groups excluding carboxylic acids is 1. The SMILES string of the molecule is CC=Cc1ccc(NC(=O)OC(C)C)cc1. The minimum absolute atomic E-state index is 0.109. The van der Waals surface area contributed by atoms with Crippen molar-refractivity contribution in [2.45, 2.75) is 26.9 Å². The van der Waals surface area contributed by atoms with E-state index in [0.29, 0.717) is 0 Å². The number of rotatable bonds is 3. The molecular weight excluding hydrogens is 202 g/mol. The Kier molecular flexibility index (Phi) is 4.58. The predicted molar refractivity (Wildman–Crippen MR) is 66.4 cm³/mol. The number of allylic oxidation sites excluding steroid dienone is 1. The Balaban J connectivity index is 2.58. The zero-order valence-corrected chi connectivity index (χ0v) is 9.86. The van der Waals surface area contributed by atoms with Crippen molar-refractivity contribution < 1.29 is 9.53 Å². The Morgan fingerprint density at radius 2 is 1.94 bits per heavy atom. The summed E-state index contributed by atoms with van der Waals surface area (Å²) < 4.78 is 4.97. The number of hydrogen-bond donors (Lipinski definition) is 1. The molecule has 3 nitrogen and oxygen atoms in total. The van der Waals surface area contributed by atoms with Gasteiger partial charge in [0, 0.05) is 5.69 Å². The van der Waals surface area contributed by atoms with E-state index in [1.807, 2.05) is 57.2 Å². The summed E-state index contributed by atoms with van der Waals surface area (Å²) in [5.41, 5.74) is 1.84. The third-order valence-corrected chi connectivity index (χ3v) is 1.86. The molecule has 0 fully saturated rings. The first kappa shape index (κ1) is 12.3. The van der Waals surface area contributed by atoms with Gasteiger partial charge in [-0.25, -0.2) is 4.79 Å². The van der Waals surface area contributed by atoms with Crippen LogP contribution in [-0.4, -0.2) is 12.2 Å². The van der Waals surface area contributed by atoms with Crippen LogP contribution in [0.2, 0.25) is 0 Å². The maximum atomic E-state index is 11.3. The van der Waals surface area contributed by atoms with Crippen LogP contribution < -0.4 is 5.32 Å². The van der Waals surface area contributed by atoms with E-state index >= 15 is 0 Å². The zero-order chi connectivity index (χ0) is 12.0. The average molecular weight is 219 g/mol. The molecule has 0 saturated heterocycles. The first-order valence-corrected chi connectivity index (χ1v) is 5.32. The highest BCUT2D eigenvalue weighted by Crippen LogP contribution is 2.11. The van der Waals surface area contributed by atoms with Gasteiger partial charge in [-0.15, -0.1) is 0 Å². The van der Waals surface area contributed by atoms with Crippen LogP contribution >= 0.6 is 0 Å². The molecule has 0 heterocycles. The number of nitrogens with one attached hydrogen (secondary N) is 1. The molecule has 3 heteroatoms. The zero-order valence-electron chi connectivity index (χ0n) is 9.86. The molecule has 0 aliphatic carbocycles. The van der Waals surface area contributed by atoms with Crippen LogP contribution in [0.25, 0.3) is 6.08 Å². The highest BCUT2D eigenvalue weighted by molar-refractivity contribution is 5.84. The molecule has 1 aromatic carbocycles. The molecule has 1 amide bonds. The highest BCUT2D eigenvalue weighted by atomic mass is 16.6. The molecular formula is C13H17NO2. The first-order chi connectivity index (χ1) is 7.61. The second-order valence-corrected chi connectivity index (χ2v) is 3.70. The molecule has 1 N–H and O–H groups in total. The van der Waals surface area contributed by atoms with E-state index in [2.05, 4.69) is 5.32 Å². The van der Waals surface area contributed by atoms with Crippen molar-refractivity contribution in [2.24, 2.45) is 0 Å². The van der Waals surface area contributed by atoms with Crippen molar-refractivity contribution in [3.8, 4) is 0 Å². The second-order valence-electron chi connectivity index (χ2n) is 3.70. The minimum atomic E-state index is -0.422. The highest BCUT2D eigenvalue weighted by Gasteiger charge is 2.04. The van der Waals surface area contributed by atoms with Crippen molar-refractivity contribution in [3.63, 3.8) is 0 Å². The molecule has 1 aromatic rings. The molecule has 0 aliphatic heterocycles. The van der Waals surface area contributed by atoms with Gasteiger partial charge >= 0.3 is 6.09 Å². The fourth-order valence-electron chi connectivity index (χ4n) is 1.23. The summed E-state index contributed by atoms with van der Waals surface area (Å²) in [5, 5.41) is 2.66. The predicted octanol–water partition coefficient (Wildman–Crippen LogP) is 3.68. The van der Waals surface area contributed by atoms with Crippen molar-refractivity contribution >= 4 is 17.9 Å². The van der Waals surface area contributed by atoms with E-state index in [-0.39, 0.29) is 6.10 Å². The topological polar surface area (TPSA) is 38.3 Å². The van der Waals surface area contributed by atoms with Crippen LogP contribution in [0.3, 0.4) is 0 Å². The molecule has 1 rings (SSSR count). The maximum absolute atomic E-state index is 11.3. The largest absolute Gasteiger partial charge is 0.447 e. The molecule has 86 valence electrons. The summed E-state index contributed by atoms with van der Waals surface area (Å²) in [7, 11) is 0. The molecule has 0 unspecified atom stereocenters. The lowest BCUT2D eigenvalue weighted by molar-refractivity contribution is 0.130. The van der Waals surface area contributed by atoms with Crippen molar-refractivity contribution in [2.75, 3.05) is 5.32 Å². The molecule has 0 aromatic heterocycles. The lowest BCUT2D eigenvalue weighted by Crippen LogP contribution is -2.17. The van der Waals surface area contributed by atoms with Crippen LogP contribution in [0, 0.1) is 0 Å². The van der Waals surface area contributed by atoms with Gasteiger partial charge in [0.1, 0.15) is 0 Å². The van der Waals surface area contributed by atoms with E-state index in [1.54, 1.807) is 0 Å². The van der Waals surface area contributed by atoms with Gasteiger partial charge < -0.3 is 4.74 Å². The number of anilines is 1. The van der Waals surface area contributed by atoms with Gasteiger partial charge in [-0.3, -0.25) is 5.32 Å². The Labute approximate surface area is 96.1 Å². The monoisotopic (exact) mass is 219 g/mol. The molecule has 0 aliphatic rings. The summed E-state index contributed by atoms with van der Waals surface area (Å²) in [6.07, 6.45) is 3.43. The van der Waals surface area contributed by atoms with Crippen molar-refractivity contribution in [1.29, 1.82) is 0 Å². The van der Waals surface area contributed by atoms with Gasteiger partial charge in [-0.05, 0) is 38.5 Å². The smallest absolute Gasteiger partial charge is 0.411 e. The van der Waals surface area contributed by atoms with E-state index in [1.165, 1.54) is 0 Å². The molecule has 16 heavy (non-hydrogen) atoms. The number of benzene rings is 1. The summed E-state index contributed by atoms with van der Waals surface area (Å²) in [5.74, 6) is 0. The third kappa shape index (κ3) is 4.17. The minimum Gasteiger partial charge on any atom is -0.447 e. The van der Waals surface area contributed by atoms with Crippen LogP contribution in [-0.2, 0) is 4.74 Å². The van der Waals surface area contributed by atoms with E-state index in [9.17, 15) is 4.79 Å². The molecule has 0 bridgehead atoms. The fraction of sp³-hybridized carbons (Fsp3) is 0.308. The summed E-state index contributed by atoms with van der Waals surface area (Å²) in [6.45, 7) is 5.59. The standard InChI is InChI=1S/C13H17NO2/c1-4-5-11-6-8-12(9-7-11)14-13(15)16-10(2)3/h4-10H,1-3H3,(H,14,15). The summed E-state index contributed by atoms with van der Waals surface area (Å²) >= 11 is 0. The molecule has 0 saturated carbocycles. The second kappa shape index (κ2) is 5.95. The van der Waals surface area contributed by atoms with E-state index in [4.69, 9.17) is 4.74 Å². The number of amides is 1. The molecule has 0 radical (unpaired) electrons. The normalized spacial score (nSPS) is 10.8. The van der Waals surface area contributed by atoms with Gasteiger partial charge in [-0.1, -0.05) is 24.3 Å². The first-order valence-electron chi connectivity index (χ1n) is 5.32. The van der Waals surface area contributed by atoms with Gasteiger partial charge in [0.2, 0.25) is 0 Å². The fourth-order valence-corrected chi connectivity index (χ4v) is 1.23. The Bertz CT molecular complexity index is 366. The van der Waals surface area contributed by atoms with Crippen LogP contribution in [0.5, 0.6) is 0 Å². The van der Waals surface area contributed by atoms with Gasteiger partial charge in [0.25, 0.3) is 0 Å². The number of ether oxygens (including phenoxy) is 1. The van der Waals surface area contributed by atoms with E-state index in [0.717, 1.165) is 11.3 Å². The quantitative estimate of drug-likeness (QED) is 0.842. The Hall–Kier alpha value is -1.77. The lowest BCUT2D eigenvalue weighted by atomic mass is 10.2. The van der Waals surface area contributed by atoms with Gasteiger partial charge in [-0.2, -0.15) is 0 Å². The van der Waals surface area contributed by atoms with Crippen molar-refractivity contribution in [1.82, 2.24) is 0 Å². The van der Waals surface area contributed by atoms with E-state index < -0.39 is 6.09 Å². The van der Waals surface area contributed by atoms with Crippen LogP contribution in [0.4, 0.5) is 10.5 Å². The Morgan fingerprint density at radius 3 is 2.44 bits per heavy atom. The number of hydrogen-bond acceptors (Lipinski definition) is 2. The summed E-state index contributed by atoms with van der Waals surface area (Å²) in [4.78, 5) is 11.3. The van der Waals surface area contributed by atoms with Gasteiger partial charge in [0.15, 0.2) is 0 Å². The van der Waals surface area contributed by atoms with Crippen LogP contribution in [0.15, 0.2) is 30.3 Å². The molecule has 0 spiro atoms. The summed E-state index contributed by atoms with van der Waals surface area (Å²) in [6, 6.07) is 7.56. The number of carbonyl (C=O) groups is 1. The molecule has 0 atom stereocenters. The average Bonchev–Trinajstić information content (AvgIpc) is 2.20. The van der Waals surface area contributed by atoms with Gasteiger partial charge in [0.05, 0.1) is 6.10 Å². The third-order valence-electron chi connectivity index (χ3n) is 1.86. The lowest BCUT2D eigenvalue weighted by Gasteiger charge is -2.09. The Morgan fingerprint density at radius 1 is 1.31 bits per heavy atom.